The van der Waals surface area contributed by atoms with Crippen LogP contribution in [0.4, 0.5) is 0 Å². The second-order valence-corrected chi connectivity index (χ2v) is 5.39. The smallest absolute Gasteiger partial charge is 0.0253 e. The molecule has 1 unspecified atom stereocenters. The van der Waals surface area contributed by atoms with Crippen LogP contribution in [-0.2, 0) is 0 Å². The van der Waals surface area contributed by atoms with Crippen LogP contribution >= 0.6 is 0 Å². The van der Waals surface area contributed by atoms with Crippen LogP contribution in [0.2, 0.25) is 0 Å². The Hall–Kier alpha value is -0.340. The molecule has 1 N–H and O–H groups in total. The Balaban J connectivity index is 2.00. The van der Waals surface area contributed by atoms with Gasteiger partial charge in [0.05, 0.1) is 0 Å². The van der Waals surface area contributed by atoms with Crippen molar-refractivity contribution in [1.82, 2.24) is 10.2 Å². The highest BCUT2D eigenvalue weighted by Crippen LogP contribution is 2.37. The molecule has 1 saturated heterocycles. The maximum absolute atomic E-state index is 3.85. The molecule has 0 amide bonds. The quantitative estimate of drug-likeness (QED) is 0.687. The largest absolute Gasteiger partial charge is 0.309 e. The first-order chi connectivity index (χ1) is 6.62. The van der Waals surface area contributed by atoms with Gasteiger partial charge in [0.15, 0.2) is 0 Å². The second-order valence-electron chi connectivity index (χ2n) is 5.39. The molecule has 0 bridgehead atoms. The van der Waals surface area contributed by atoms with Crippen molar-refractivity contribution in [1.29, 1.82) is 0 Å². The van der Waals surface area contributed by atoms with Crippen molar-refractivity contribution in [3.63, 3.8) is 0 Å². The summed E-state index contributed by atoms with van der Waals surface area (Å²) in [4.78, 5) is 2.60. The lowest BCUT2D eigenvalue weighted by Gasteiger charge is -2.44. The highest BCUT2D eigenvalue weighted by Gasteiger charge is 2.40. The average Bonchev–Trinajstić information content (AvgIpc) is 2.87. The minimum Gasteiger partial charge on any atom is -0.309 e. The normalized spacial score (nSPS) is 32.9. The summed E-state index contributed by atoms with van der Waals surface area (Å²) in [6, 6.07) is 0.765. The van der Waals surface area contributed by atoms with E-state index < -0.39 is 0 Å². The van der Waals surface area contributed by atoms with Gasteiger partial charge in [-0.1, -0.05) is 6.08 Å². The van der Waals surface area contributed by atoms with E-state index in [-0.39, 0.29) is 5.54 Å². The van der Waals surface area contributed by atoms with Gasteiger partial charge in [-0.2, -0.15) is 0 Å². The van der Waals surface area contributed by atoms with Gasteiger partial charge in [0.2, 0.25) is 0 Å². The fourth-order valence-electron chi connectivity index (χ4n) is 2.50. The third-order valence-electron chi connectivity index (χ3n) is 3.39. The summed E-state index contributed by atoms with van der Waals surface area (Å²) in [6.45, 7) is 11.8. The molecule has 1 aliphatic carbocycles. The zero-order valence-electron chi connectivity index (χ0n) is 9.42. The summed E-state index contributed by atoms with van der Waals surface area (Å²) < 4.78 is 0. The van der Waals surface area contributed by atoms with E-state index >= 15 is 0 Å². The first kappa shape index (κ1) is 10.2. The Bertz CT molecular complexity index is 218. The van der Waals surface area contributed by atoms with Gasteiger partial charge in [-0.05, 0) is 32.6 Å². The molecule has 80 valence electrons. The van der Waals surface area contributed by atoms with Crippen LogP contribution in [0.15, 0.2) is 12.7 Å². The van der Waals surface area contributed by atoms with Crippen molar-refractivity contribution in [2.24, 2.45) is 5.92 Å². The number of rotatable bonds is 3. The standard InChI is InChI=1S/C12H22N2/c1-4-7-14-9-12(2,3)13-8-11(14)10-5-6-10/h4,10-11,13H,1,5-9H2,2-3H3. The molecule has 2 nitrogen and oxygen atoms in total. The molecule has 0 aromatic carbocycles. The van der Waals surface area contributed by atoms with Crippen molar-refractivity contribution in [2.75, 3.05) is 19.6 Å². The molecule has 1 heterocycles. The van der Waals surface area contributed by atoms with Gasteiger partial charge in [-0.3, -0.25) is 4.90 Å². The van der Waals surface area contributed by atoms with Crippen LogP contribution in [0.5, 0.6) is 0 Å². The van der Waals surface area contributed by atoms with Crippen molar-refractivity contribution < 1.29 is 0 Å². The number of hydrogen-bond donors (Lipinski definition) is 1. The predicted molar refractivity (Wildman–Crippen MR) is 60.4 cm³/mol. The average molecular weight is 194 g/mol. The SMILES string of the molecule is C=CCN1CC(C)(C)NCC1C1CC1. The number of nitrogens with one attached hydrogen (secondary N) is 1. The Morgan fingerprint density at radius 1 is 1.50 bits per heavy atom. The number of hydrogen-bond acceptors (Lipinski definition) is 2. The first-order valence-electron chi connectivity index (χ1n) is 5.72. The summed E-state index contributed by atoms with van der Waals surface area (Å²) in [5.74, 6) is 0.957. The lowest BCUT2D eigenvalue weighted by molar-refractivity contribution is 0.0946. The fraction of sp³-hybridized carbons (Fsp3) is 0.833. The zero-order valence-corrected chi connectivity index (χ0v) is 9.42. The van der Waals surface area contributed by atoms with Crippen LogP contribution in [0.25, 0.3) is 0 Å². The summed E-state index contributed by atoms with van der Waals surface area (Å²) in [5.41, 5.74) is 0.272. The minimum atomic E-state index is 0.272. The van der Waals surface area contributed by atoms with Crippen LogP contribution in [0.1, 0.15) is 26.7 Å². The Kier molecular flexibility index (Phi) is 2.67. The minimum absolute atomic E-state index is 0.272. The molecule has 1 saturated carbocycles. The number of piperazine rings is 1. The van der Waals surface area contributed by atoms with E-state index in [0.717, 1.165) is 31.6 Å². The molecule has 2 fully saturated rings. The molecule has 2 aliphatic rings. The van der Waals surface area contributed by atoms with Gasteiger partial charge in [0, 0.05) is 31.2 Å². The molecule has 0 radical (unpaired) electrons. The zero-order chi connectivity index (χ0) is 10.2. The molecule has 0 aromatic heterocycles. The molecule has 1 aliphatic heterocycles. The summed E-state index contributed by atoms with van der Waals surface area (Å²) in [6.07, 6.45) is 4.90. The lowest BCUT2D eigenvalue weighted by Crippen LogP contribution is -2.62. The van der Waals surface area contributed by atoms with Gasteiger partial charge in [0.1, 0.15) is 0 Å². The van der Waals surface area contributed by atoms with E-state index in [9.17, 15) is 0 Å². The summed E-state index contributed by atoms with van der Waals surface area (Å²) in [5, 5.41) is 3.64. The van der Waals surface area contributed by atoms with E-state index in [2.05, 4.69) is 30.6 Å². The fourth-order valence-corrected chi connectivity index (χ4v) is 2.50. The highest BCUT2D eigenvalue weighted by atomic mass is 15.3. The van der Waals surface area contributed by atoms with E-state index in [1.807, 2.05) is 6.08 Å². The third-order valence-corrected chi connectivity index (χ3v) is 3.39. The molecule has 2 heteroatoms. The molecule has 0 spiro atoms. The Morgan fingerprint density at radius 2 is 2.21 bits per heavy atom. The van der Waals surface area contributed by atoms with E-state index in [4.69, 9.17) is 0 Å². The summed E-state index contributed by atoms with van der Waals surface area (Å²) >= 11 is 0. The lowest BCUT2D eigenvalue weighted by atomic mass is 9.96. The van der Waals surface area contributed by atoms with Gasteiger partial charge >= 0.3 is 0 Å². The highest BCUT2D eigenvalue weighted by molar-refractivity contribution is 4.99. The molecular weight excluding hydrogens is 172 g/mol. The molecule has 2 rings (SSSR count). The van der Waals surface area contributed by atoms with Gasteiger partial charge in [0.25, 0.3) is 0 Å². The monoisotopic (exact) mass is 194 g/mol. The Morgan fingerprint density at radius 3 is 2.79 bits per heavy atom. The first-order valence-corrected chi connectivity index (χ1v) is 5.72. The van der Waals surface area contributed by atoms with Crippen molar-refractivity contribution in [3.8, 4) is 0 Å². The van der Waals surface area contributed by atoms with Crippen molar-refractivity contribution in [3.05, 3.63) is 12.7 Å². The van der Waals surface area contributed by atoms with Crippen LogP contribution in [0.3, 0.4) is 0 Å². The molecular formula is C12H22N2. The molecule has 1 atom stereocenters. The molecule has 14 heavy (non-hydrogen) atoms. The van der Waals surface area contributed by atoms with Gasteiger partial charge < -0.3 is 5.32 Å². The molecule has 0 aromatic rings. The number of nitrogens with zero attached hydrogens (tertiary/aromatic N) is 1. The van der Waals surface area contributed by atoms with Gasteiger partial charge in [-0.15, -0.1) is 6.58 Å². The van der Waals surface area contributed by atoms with Crippen molar-refractivity contribution >= 4 is 0 Å². The van der Waals surface area contributed by atoms with Crippen LogP contribution in [0, 0.1) is 5.92 Å². The maximum Gasteiger partial charge on any atom is 0.0253 e. The van der Waals surface area contributed by atoms with E-state index in [1.54, 1.807) is 0 Å². The maximum atomic E-state index is 3.85. The van der Waals surface area contributed by atoms with Crippen LogP contribution < -0.4 is 5.32 Å². The topological polar surface area (TPSA) is 15.3 Å². The van der Waals surface area contributed by atoms with E-state index in [0.29, 0.717) is 0 Å². The van der Waals surface area contributed by atoms with Crippen LogP contribution in [-0.4, -0.2) is 36.1 Å². The van der Waals surface area contributed by atoms with Gasteiger partial charge in [-0.25, -0.2) is 0 Å². The van der Waals surface area contributed by atoms with E-state index in [1.165, 1.54) is 12.8 Å². The third kappa shape index (κ3) is 2.18. The summed E-state index contributed by atoms with van der Waals surface area (Å²) in [7, 11) is 0. The Labute approximate surface area is 87.4 Å². The van der Waals surface area contributed by atoms with Crippen molar-refractivity contribution in [2.45, 2.75) is 38.3 Å². The second kappa shape index (κ2) is 3.67. The predicted octanol–water partition coefficient (Wildman–Crippen LogP) is 1.63.